The molecule has 0 fully saturated rings. The van der Waals surface area contributed by atoms with Gasteiger partial charge in [0.25, 0.3) is 5.91 Å². The van der Waals surface area contributed by atoms with Gasteiger partial charge in [-0.15, -0.1) is 22.7 Å². The number of halogens is 2. The number of carbonyl (C=O) groups is 1. The van der Waals surface area contributed by atoms with Gasteiger partial charge in [0.2, 0.25) is 0 Å². The van der Waals surface area contributed by atoms with Crippen molar-refractivity contribution in [1.82, 2.24) is 9.88 Å². The summed E-state index contributed by atoms with van der Waals surface area (Å²) in [5.41, 5.74) is 3.68. The lowest BCUT2D eigenvalue weighted by molar-refractivity contribution is 0.102. The summed E-state index contributed by atoms with van der Waals surface area (Å²) in [5, 5.41) is 5.73. The van der Waals surface area contributed by atoms with Crippen LogP contribution in [0.25, 0.3) is 20.8 Å². The number of benzene rings is 2. The van der Waals surface area contributed by atoms with Gasteiger partial charge in [0.1, 0.15) is 10.0 Å². The van der Waals surface area contributed by atoms with Gasteiger partial charge in [0.15, 0.2) is 0 Å². The van der Waals surface area contributed by atoms with Crippen LogP contribution in [0.2, 0.25) is 10.0 Å². The molecule has 2 aromatic heterocycles. The van der Waals surface area contributed by atoms with E-state index in [1.54, 1.807) is 40.9 Å². The van der Waals surface area contributed by atoms with Gasteiger partial charge in [-0.05, 0) is 48.9 Å². The minimum Gasteiger partial charge on any atom is -0.313 e. The third-order valence-corrected chi connectivity index (χ3v) is 8.24. The van der Waals surface area contributed by atoms with Crippen molar-refractivity contribution in [3.05, 3.63) is 68.5 Å². The first-order chi connectivity index (χ1) is 15.0. The monoisotopic (exact) mass is 487 g/mol. The average molecular weight is 488 g/mol. The second-order valence-corrected chi connectivity index (χ2v) is 10.4. The van der Waals surface area contributed by atoms with E-state index < -0.39 is 0 Å². The van der Waals surface area contributed by atoms with Gasteiger partial charge >= 0.3 is 0 Å². The highest BCUT2D eigenvalue weighted by Gasteiger charge is 2.27. The van der Waals surface area contributed by atoms with Gasteiger partial charge in [-0.3, -0.25) is 9.69 Å². The Morgan fingerprint density at radius 2 is 2.03 bits per heavy atom. The van der Waals surface area contributed by atoms with E-state index in [-0.39, 0.29) is 5.91 Å². The van der Waals surface area contributed by atoms with Crippen molar-refractivity contribution in [3.63, 3.8) is 0 Å². The fourth-order valence-corrected chi connectivity index (χ4v) is 6.63. The molecule has 0 bridgehead atoms. The van der Waals surface area contributed by atoms with Crippen molar-refractivity contribution in [2.45, 2.75) is 19.9 Å². The number of rotatable bonds is 4. The Bertz CT molecular complexity index is 1260. The lowest BCUT2D eigenvalue weighted by Crippen LogP contribution is -2.29. The van der Waals surface area contributed by atoms with Crippen molar-refractivity contribution >= 4 is 67.0 Å². The summed E-state index contributed by atoms with van der Waals surface area (Å²) < 4.78 is 1.14. The van der Waals surface area contributed by atoms with Crippen molar-refractivity contribution in [3.8, 4) is 10.6 Å². The smallest absolute Gasteiger partial charge is 0.257 e. The van der Waals surface area contributed by atoms with Crippen LogP contribution in [0.4, 0.5) is 5.00 Å². The molecule has 0 radical (unpaired) electrons. The number of fused-ring (bicyclic) bond motifs is 2. The summed E-state index contributed by atoms with van der Waals surface area (Å²) in [5.74, 6) is -0.263. The summed E-state index contributed by atoms with van der Waals surface area (Å²) >= 11 is 15.7. The van der Waals surface area contributed by atoms with Gasteiger partial charge < -0.3 is 5.32 Å². The van der Waals surface area contributed by atoms with Gasteiger partial charge in [-0.1, -0.05) is 42.3 Å². The van der Waals surface area contributed by atoms with Gasteiger partial charge in [0, 0.05) is 28.6 Å². The Kier molecular flexibility index (Phi) is 5.75. The summed E-state index contributed by atoms with van der Waals surface area (Å²) in [6.07, 6.45) is 0.943. The van der Waals surface area contributed by atoms with Crippen LogP contribution in [0.3, 0.4) is 0 Å². The molecule has 31 heavy (non-hydrogen) atoms. The van der Waals surface area contributed by atoms with E-state index in [1.807, 2.05) is 18.2 Å². The molecule has 0 saturated heterocycles. The molecule has 0 saturated carbocycles. The third kappa shape index (κ3) is 3.99. The Hall–Kier alpha value is -1.96. The Balaban J connectivity index is 1.60. The molecular formula is C23H19Cl2N3OS2. The van der Waals surface area contributed by atoms with Crippen molar-refractivity contribution in [2.75, 3.05) is 18.4 Å². The van der Waals surface area contributed by atoms with Gasteiger partial charge in [0.05, 0.1) is 20.8 Å². The molecule has 1 aliphatic heterocycles. The minimum atomic E-state index is -0.263. The highest BCUT2D eigenvalue weighted by Crippen LogP contribution is 2.46. The van der Waals surface area contributed by atoms with Crippen molar-refractivity contribution in [2.24, 2.45) is 0 Å². The molecule has 1 N–H and O–H groups in total. The molecule has 8 heteroatoms. The van der Waals surface area contributed by atoms with Crippen LogP contribution in [0.5, 0.6) is 0 Å². The predicted molar refractivity (Wildman–Crippen MR) is 132 cm³/mol. The number of para-hydroxylation sites is 1. The van der Waals surface area contributed by atoms with E-state index in [0.29, 0.717) is 15.6 Å². The summed E-state index contributed by atoms with van der Waals surface area (Å²) in [7, 11) is 0. The number of aromatic nitrogens is 1. The standard InChI is InChI=1S/C23H19Cl2N3OS2/c1-2-28-10-9-14-19(12-28)31-23(27-21(29)15-11-13(24)7-8-16(15)25)20(14)22-26-17-5-3-4-6-18(17)30-22/h3-8,11H,2,9-10,12H2,1H3,(H,27,29). The maximum atomic E-state index is 13.1. The van der Waals surface area contributed by atoms with Gasteiger partial charge in [-0.25, -0.2) is 4.98 Å². The lowest BCUT2D eigenvalue weighted by atomic mass is 10.0. The van der Waals surface area contributed by atoms with E-state index in [4.69, 9.17) is 28.2 Å². The number of thiazole rings is 1. The van der Waals surface area contributed by atoms with Gasteiger partial charge in [-0.2, -0.15) is 0 Å². The number of nitrogens with one attached hydrogen (secondary N) is 1. The van der Waals surface area contributed by atoms with Crippen molar-refractivity contribution in [1.29, 1.82) is 0 Å². The van der Waals surface area contributed by atoms with Crippen LogP contribution >= 0.6 is 45.9 Å². The molecular weight excluding hydrogens is 469 g/mol. The number of hydrogen-bond donors (Lipinski definition) is 1. The van der Waals surface area contributed by atoms with Crippen LogP contribution in [-0.2, 0) is 13.0 Å². The molecule has 0 aliphatic carbocycles. The number of amides is 1. The number of anilines is 1. The summed E-state index contributed by atoms with van der Waals surface area (Å²) in [6.45, 7) is 5.08. The number of hydrogen-bond acceptors (Lipinski definition) is 5. The molecule has 158 valence electrons. The number of carbonyl (C=O) groups excluding carboxylic acids is 1. The van der Waals surface area contributed by atoms with Crippen LogP contribution < -0.4 is 5.32 Å². The molecule has 2 aromatic carbocycles. The normalized spacial score (nSPS) is 14.0. The lowest BCUT2D eigenvalue weighted by Gasteiger charge is -2.25. The van der Waals surface area contributed by atoms with Crippen LogP contribution in [0.15, 0.2) is 42.5 Å². The molecule has 3 heterocycles. The maximum absolute atomic E-state index is 13.1. The fraction of sp³-hybridized carbons (Fsp3) is 0.217. The Morgan fingerprint density at radius 3 is 2.84 bits per heavy atom. The first kappa shape index (κ1) is 20.9. The number of likely N-dealkylation sites (N-methyl/N-ethyl adjacent to an activating group) is 1. The Morgan fingerprint density at radius 1 is 1.19 bits per heavy atom. The Labute approximate surface area is 198 Å². The van der Waals surface area contributed by atoms with E-state index in [0.717, 1.165) is 51.8 Å². The van der Waals surface area contributed by atoms with Crippen LogP contribution in [0.1, 0.15) is 27.7 Å². The zero-order chi connectivity index (χ0) is 21.5. The minimum absolute atomic E-state index is 0.263. The molecule has 5 rings (SSSR count). The van der Waals surface area contributed by atoms with Crippen LogP contribution in [-0.4, -0.2) is 28.9 Å². The molecule has 0 unspecified atom stereocenters. The van der Waals surface area contributed by atoms with E-state index in [9.17, 15) is 4.79 Å². The quantitative estimate of drug-likeness (QED) is 0.338. The number of nitrogens with zero attached hydrogens (tertiary/aromatic N) is 2. The predicted octanol–water partition coefficient (Wildman–Crippen LogP) is 6.96. The highest BCUT2D eigenvalue weighted by molar-refractivity contribution is 7.23. The van der Waals surface area contributed by atoms with Crippen LogP contribution in [0, 0.1) is 0 Å². The molecule has 0 atom stereocenters. The molecule has 1 aliphatic rings. The third-order valence-electron chi connectivity index (χ3n) is 5.49. The summed E-state index contributed by atoms with van der Waals surface area (Å²) in [6, 6.07) is 13.1. The maximum Gasteiger partial charge on any atom is 0.257 e. The number of thiophene rings is 1. The van der Waals surface area contributed by atoms with E-state index in [2.05, 4.69) is 23.2 Å². The van der Waals surface area contributed by atoms with Crippen molar-refractivity contribution < 1.29 is 4.79 Å². The zero-order valence-corrected chi connectivity index (χ0v) is 19.9. The highest BCUT2D eigenvalue weighted by atomic mass is 35.5. The zero-order valence-electron chi connectivity index (χ0n) is 16.7. The largest absolute Gasteiger partial charge is 0.313 e. The van der Waals surface area contributed by atoms with E-state index in [1.165, 1.54) is 10.4 Å². The SMILES string of the molecule is CCN1CCc2c(sc(NC(=O)c3cc(Cl)ccc3Cl)c2-c2nc3ccccc3s2)C1. The molecule has 1 amide bonds. The molecule has 4 aromatic rings. The second kappa shape index (κ2) is 8.52. The first-order valence-corrected chi connectivity index (χ1v) is 12.4. The molecule has 0 spiro atoms. The topological polar surface area (TPSA) is 45.2 Å². The second-order valence-electron chi connectivity index (χ2n) is 7.39. The fourth-order valence-electron chi connectivity index (χ4n) is 3.86. The van der Waals surface area contributed by atoms with E-state index >= 15 is 0 Å². The molecule has 4 nitrogen and oxygen atoms in total. The average Bonchev–Trinajstić information content (AvgIpc) is 3.35. The first-order valence-electron chi connectivity index (χ1n) is 10.0. The summed E-state index contributed by atoms with van der Waals surface area (Å²) in [4.78, 5) is 21.7.